The smallest absolute Gasteiger partial charge is 0.0833 e. The zero-order valence-electron chi connectivity index (χ0n) is 10.9. The van der Waals surface area contributed by atoms with Crippen LogP contribution in [0.5, 0.6) is 0 Å². The van der Waals surface area contributed by atoms with Crippen LogP contribution >= 0.6 is 0 Å². The molecule has 1 saturated carbocycles. The van der Waals surface area contributed by atoms with Gasteiger partial charge in [0.1, 0.15) is 0 Å². The lowest BCUT2D eigenvalue weighted by Gasteiger charge is -2.55. The van der Waals surface area contributed by atoms with E-state index in [4.69, 9.17) is 4.74 Å². The number of ether oxygens (including phenoxy) is 1. The van der Waals surface area contributed by atoms with Gasteiger partial charge >= 0.3 is 0 Å². The average Bonchev–Trinajstić information content (AvgIpc) is 2.36. The van der Waals surface area contributed by atoms with Gasteiger partial charge in [0.2, 0.25) is 0 Å². The SMILES string of the molecule is Cc1cccc(C2(C#N)CC3(CCOCC3)C2)c1. The zero-order chi connectivity index (χ0) is 12.6. The molecule has 1 aliphatic carbocycles. The minimum atomic E-state index is -0.233. The first kappa shape index (κ1) is 11.7. The van der Waals surface area contributed by atoms with Crippen LogP contribution in [0.1, 0.15) is 36.8 Å². The molecule has 0 aromatic heterocycles. The van der Waals surface area contributed by atoms with E-state index in [-0.39, 0.29) is 5.41 Å². The lowest BCUT2D eigenvalue weighted by atomic mass is 9.48. The molecule has 0 atom stereocenters. The number of nitrogens with zero attached hydrogens (tertiary/aromatic N) is 1. The van der Waals surface area contributed by atoms with Crippen molar-refractivity contribution in [3.05, 3.63) is 35.4 Å². The molecule has 1 aliphatic heterocycles. The van der Waals surface area contributed by atoms with Gasteiger partial charge in [-0.3, -0.25) is 0 Å². The van der Waals surface area contributed by atoms with Crippen LogP contribution in [0.4, 0.5) is 0 Å². The summed E-state index contributed by atoms with van der Waals surface area (Å²) in [5.74, 6) is 0. The molecule has 2 aliphatic rings. The van der Waals surface area contributed by atoms with Gasteiger partial charge < -0.3 is 4.74 Å². The summed E-state index contributed by atoms with van der Waals surface area (Å²) in [5.41, 5.74) is 2.61. The maximum absolute atomic E-state index is 9.61. The summed E-state index contributed by atoms with van der Waals surface area (Å²) in [6, 6.07) is 11.0. The fraction of sp³-hybridized carbons (Fsp3) is 0.562. The molecular weight excluding hydrogens is 222 g/mol. The normalized spacial score (nSPS) is 24.2. The van der Waals surface area contributed by atoms with Crippen LogP contribution in [0.15, 0.2) is 24.3 Å². The van der Waals surface area contributed by atoms with Gasteiger partial charge in [-0.1, -0.05) is 29.8 Å². The number of rotatable bonds is 1. The van der Waals surface area contributed by atoms with E-state index in [1.807, 2.05) is 0 Å². The maximum atomic E-state index is 9.61. The van der Waals surface area contributed by atoms with Gasteiger partial charge in [-0.25, -0.2) is 0 Å². The minimum Gasteiger partial charge on any atom is -0.381 e. The fourth-order valence-electron chi connectivity index (χ4n) is 3.68. The van der Waals surface area contributed by atoms with Gasteiger partial charge in [0.25, 0.3) is 0 Å². The van der Waals surface area contributed by atoms with E-state index in [0.717, 1.165) is 38.9 Å². The molecule has 2 nitrogen and oxygen atoms in total. The number of hydrogen-bond acceptors (Lipinski definition) is 2. The van der Waals surface area contributed by atoms with Crippen molar-refractivity contribution in [3.63, 3.8) is 0 Å². The highest BCUT2D eigenvalue weighted by Gasteiger charge is 2.55. The van der Waals surface area contributed by atoms with Crippen molar-refractivity contribution in [2.24, 2.45) is 5.41 Å². The summed E-state index contributed by atoms with van der Waals surface area (Å²) in [6.45, 7) is 3.84. The van der Waals surface area contributed by atoms with Crippen LogP contribution in [-0.2, 0) is 10.2 Å². The minimum absolute atomic E-state index is 0.233. The van der Waals surface area contributed by atoms with Crippen LogP contribution in [0, 0.1) is 23.7 Å². The Hall–Kier alpha value is -1.33. The first-order valence-corrected chi connectivity index (χ1v) is 6.74. The number of nitriles is 1. The Morgan fingerprint density at radius 1 is 1.22 bits per heavy atom. The summed E-state index contributed by atoms with van der Waals surface area (Å²) in [6.07, 6.45) is 4.29. The highest BCUT2D eigenvalue weighted by atomic mass is 16.5. The third-order valence-electron chi connectivity index (χ3n) is 4.69. The second-order valence-corrected chi connectivity index (χ2v) is 6.03. The Kier molecular flexibility index (Phi) is 2.68. The van der Waals surface area contributed by atoms with E-state index in [1.165, 1.54) is 11.1 Å². The summed E-state index contributed by atoms with van der Waals surface area (Å²) < 4.78 is 5.44. The molecule has 1 aromatic carbocycles. The quantitative estimate of drug-likeness (QED) is 0.755. The first-order valence-electron chi connectivity index (χ1n) is 6.74. The van der Waals surface area contributed by atoms with Crippen molar-refractivity contribution in [2.75, 3.05) is 13.2 Å². The molecule has 0 bridgehead atoms. The van der Waals surface area contributed by atoms with Crippen molar-refractivity contribution in [1.29, 1.82) is 5.26 Å². The lowest BCUT2D eigenvalue weighted by molar-refractivity contribution is -0.0578. The lowest BCUT2D eigenvalue weighted by Crippen LogP contribution is -2.51. The third kappa shape index (κ3) is 1.74. The van der Waals surface area contributed by atoms with E-state index in [9.17, 15) is 5.26 Å². The van der Waals surface area contributed by atoms with Gasteiger partial charge in [-0.05, 0) is 43.6 Å². The average molecular weight is 241 g/mol. The predicted molar refractivity (Wildman–Crippen MR) is 70.2 cm³/mol. The molecule has 1 spiro atoms. The van der Waals surface area contributed by atoms with Crippen molar-refractivity contribution in [1.82, 2.24) is 0 Å². The van der Waals surface area contributed by atoms with Crippen LogP contribution in [0.2, 0.25) is 0 Å². The predicted octanol–water partition coefficient (Wildman–Crippen LogP) is 3.35. The van der Waals surface area contributed by atoms with Crippen LogP contribution in [0.3, 0.4) is 0 Å². The second-order valence-electron chi connectivity index (χ2n) is 6.03. The Morgan fingerprint density at radius 3 is 2.56 bits per heavy atom. The standard InChI is InChI=1S/C16H19NO/c1-13-3-2-4-14(9-13)16(12-17)10-15(11-16)5-7-18-8-6-15/h2-4,9H,5-8,10-11H2,1H3. The van der Waals surface area contributed by atoms with Crippen molar-refractivity contribution in [3.8, 4) is 6.07 Å². The Morgan fingerprint density at radius 2 is 1.94 bits per heavy atom. The molecule has 0 radical (unpaired) electrons. The van der Waals surface area contributed by atoms with Crippen LogP contribution < -0.4 is 0 Å². The highest BCUT2D eigenvalue weighted by Crippen LogP contribution is 2.59. The van der Waals surface area contributed by atoms with Crippen LogP contribution in [-0.4, -0.2) is 13.2 Å². The molecule has 3 rings (SSSR count). The molecule has 2 fully saturated rings. The van der Waals surface area contributed by atoms with Gasteiger partial charge in [-0.15, -0.1) is 0 Å². The van der Waals surface area contributed by atoms with E-state index < -0.39 is 0 Å². The van der Waals surface area contributed by atoms with Crippen molar-refractivity contribution in [2.45, 2.75) is 38.0 Å². The van der Waals surface area contributed by atoms with E-state index in [2.05, 4.69) is 37.3 Å². The van der Waals surface area contributed by atoms with Gasteiger partial charge in [0.05, 0.1) is 11.5 Å². The molecule has 2 heteroatoms. The third-order valence-corrected chi connectivity index (χ3v) is 4.69. The van der Waals surface area contributed by atoms with Gasteiger partial charge in [0.15, 0.2) is 0 Å². The Bertz CT molecular complexity index is 486. The zero-order valence-corrected chi connectivity index (χ0v) is 10.9. The topological polar surface area (TPSA) is 33.0 Å². The number of hydrogen-bond donors (Lipinski definition) is 0. The molecule has 94 valence electrons. The number of aryl methyl sites for hydroxylation is 1. The van der Waals surface area contributed by atoms with Crippen molar-refractivity contribution >= 4 is 0 Å². The molecule has 1 heterocycles. The van der Waals surface area contributed by atoms with Gasteiger partial charge in [-0.2, -0.15) is 5.26 Å². The Labute approximate surface area is 109 Å². The largest absolute Gasteiger partial charge is 0.381 e. The summed E-state index contributed by atoms with van der Waals surface area (Å²) >= 11 is 0. The highest BCUT2D eigenvalue weighted by molar-refractivity contribution is 5.39. The van der Waals surface area contributed by atoms with E-state index in [1.54, 1.807) is 0 Å². The Balaban J connectivity index is 1.85. The maximum Gasteiger partial charge on any atom is 0.0833 e. The molecule has 1 saturated heterocycles. The summed E-state index contributed by atoms with van der Waals surface area (Å²) in [5, 5.41) is 9.61. The molecule has 0 amide bonds. The fourth-order valence-corrected chi connectivity index (χ4v) is 3.68. The summed E-state index contributed by atoms with van der Waals surface area (Å²) in [7, 11) is 0. The van der Waals surface area contributed by atoms with Gasteiger partial charge in [0, 0.05) is 13.2 Å². The van der Waals surface area contributed by atoms with Crippen molar-refractivity contribution < 1.29 is 4.74 Å². The monoisotopic (exact) mass is 241 g/mol. The number of benzene rings is 1. The molecular formula is C16H19NO. The molecule has 1 aromatic rings. The summed E-state index contributed by atoms with van der Waals surface area (Å²) in [4.78, 5) is 0. The molecule has 18 heavy (non-hydrogen) atoms. The first-order chi connectivity index (χ1) is 8.68. The van der Waals surface area contributed by atoms with E-state index >= 15 is 0 Å². The molecule has 0 unspecified atom stereocenters. The van der Waals surface area contributed by atoms with E-state index in [0.29, 0.717) is 5.41 Å². The van der Waals surface area contributed by atoms with Crippen LogP contribution in [0.25, 0.3) is 0 Å². The molecule has 0 N–H and O–H groups in total. The second kappa shape index (κ2) is 4.10.